The predicted molar refractivity (Wildman–Crippen MR) is 94.5 cm³/mol. The summed E-state index contributed by atoms with van der Waals surface area (Å²) in [6.45, 7) is 3.14. The molecular weight excluding hydrogens is 316 g/mol. The van der Waals surface area contributed by atoms with E-state index in [0.717, 1.165) is 69.5 Å². The number of rotatable bonds is 5. The maximum atomic E-state index is 12.4. The molecule has 5 nitrogen and oxygen atoms in total. The minimum atomic E-state index is 0.112. The maximum Gasteiger partial charge on any atom is 0.253 e. The van der Waals surface area contributed by atoms with Crippen LogP contribution in [0.2, 0.25) is 0 Å². The van der Waals surface area contributed by atoms with Gasteiger partial charge in [0.25, 0.3) is 5.91 Å². The van der Waals surface area contributed by atoms with Gasteiger partial charge in [-0.15, -0.1) is 0 Å². The van der Waals surface area contributed by atoms with Crippen molar-refractivity contribution in [2.45, 2.75) is 44.6 Å². The molecule has 0 spiro atoms. The first-order valence-electron chi connectivity index (χ1n) is 9.55. The third-order valence-corrected chi connectivity index (χ3v) is 5.52. The van der Waals surface area contributed by atoms with E-state index in [9.17, 15) is 9.59 Å². The summed E-state index contributed by atoms with van der Waals surface area (Å²) in [5, 5.41) is 0. The lowest BCUT2D eigenvalue weighted by Crippen LogP contribution is -2.39. The third-order valence-electron chi connectivity index (χ3n) is 5.52. The van der Waals surface area contributed by atoms with E-state index in [0.29, 0.717) is 12.5 Å². The van der Waals surface area contributed by atoms with Gasteiger partial charge in [0, 0.05) is 31.1 Å². The third kappa shape index (κ3) is 3.65. The van der Waals surface area contributed by atoms with Crippen LogP contribution in [0.1, 0.15) is 48.9 Å². The van der Waals surface area contributed by atoms with Gasteiger partial charge in [-0.1, -0.05) is 0 Å². The molecule has 0 bridgehead atoms. The molecule has 2 heterocycles. The van der Waals surface area contributed by atoms with Crippen LogP contribution in [0.15, 0.2) is 24.3 Å². The van der Waals surface area contributed by atoms with Crippen LogP contribution in [0, 0.1) is 5.92 Å². The summed E-state index contributed by atoms with van der Waals surface area (Å²) in [5.41, 5.74) is 0.723. The van der Waals surface area contributed by atoms with Crippen molar-refractivity contribution in [3.05, 3.63) is 29.8 Å². The highest BCUT2D eigenvalue weighted by Gasteiger charge is 2.38. The standard InChI is InChI=1S/C20H26N2O3/c23-19(21-11-1-2-12-21)15-7-9-18(10-8-15)25-14-17-4-3-13-22(17)20(24)16-5-6-16/h7-10,16-17H,1-6,11-14H2/t17-/m1/s1. The Morgan fingerprint density at radius 2 is 1.68 bits per heavy atom. The van der Waals surface area contributed by atoms with Crippen LogP contribution in [-0.2, 0) is 4.79 Å². The summed E-state index contributed by atoms with van der Waals surface area (Å²) in [6.07, 6.45) is 6.39. The summed E-state index contributed by atoms with van der Waals surface area (Å²) < 4.78 is 5.91. The Hall–Kier alpha value is -2.04. The van der Waals surface area contributed by atoms with Crippen molar-refractivity contribution in [1.82, 2.24) is 9.80 Å². The van der Waals surface area contributed by atoms with Gasteiger partial charge in [-0.3, -0.25) is 9.59 Å². The molecule has 2 aliphatic heterocycles. The number of carbonyl (C=O) groups is 2. The van der Waals surface area contributed by atoms with Crippen LogP contribution in [0.5, 0.6) is 5.75 Å². The van der Waals surface area contributed by atoms with Crippen molar-refractivity contribution >= 4 is 11.8 Å². The highest BCUT2D eigenvalue weighted by molar-refractivity contribution is 5.94. The van der Waals surface area contributed by atoms with E-state index in [-0.39, 0.29) is 17.9 Å². The van der Waals surface area contributed by atoms with Crippen molar-refractivity contribution in [2.24, 2.45) is 5.92 Å². The summed E-state index contributed by atoms with van der Waals surface area (Å²) in [5.74, 6) is 1.47. The molecule has 0 unspecified atom stereocenters. The van der Waals surface area contributed by atoms with Gasteiger partial charge >= 0.3 is 0 Å². The van der Waals surface area contributed by atoms with Gasteiger partial charge in [0.2, 0.25) is 5.91 Å². The second-order valence-corrected chi connectivity index (χ2v) is 7.44. The maximum absolute atomic E-state index is 12.4. The number of nitrogens with zero attached hydrogens (tertiary/aromatic N) is 2. The molecule has 2 saturated heterocycles. The smallest absolute Gasteiger partial charge is 0.253 e. The monoisotopic (exact) mass is 342 g/mol. The Morgan fingerprint density at radius 1 is 0.960 bits per heavy atom. The highest BCUT2D eigenvalue weighted by Crippen LogP contribution is 2.33. The molecule has 2 amide bonds. The summed E-state index contributed by atoms with van der Waals surface area (Å²) >= 11 is 0. The van der Waals surface area contributed by atoms with Gasteiger partial charge in [-0.25, -0.2) is 0 Å². The molecule has 0 aromatic heterocycles. The van der Waals surface area contributed by atoms with E-state index in [1.807, 2.05) is 34.1 Å². The van der Waals surface area contributed by atoms with Crippen LogP contribution in [0.25, 0.3) is 0 Å². The number of carbonyl (C=O) groups excluding carboxylic acids is 2. The predicted octanol–water partition coefficient (Wildman–Crippen LogP) is 2.70. The van der Waals surface area contributed by atoms with Crippen LogP contribution in [0.3, 0.4) is 0 Å². The van der Waals surface area contributed by atoms with E-state index < -0.39 is 0 Å². The minimum Gasteiger partial charge on any atom is -0.491 e. The van der Waals surface area contributed by atoms with Crippen molar-refractivity contribution in [1.29, 1.82) is 0 Å². The Kier molecular flexibility index (Phi) is 4.64. The first-order valence-corrected chi connectivity index (χ1v) is 9.55. The van der Waals surface area contributed by atoms with Gasteiger partial charge in [0.15, 0.2) is 0 Å². The molecule has 4 rings (SSSR count). The average Bonchev–Trinajstić information content (AvgIpc) is 3.15. The van der Waals surface area contributed by atoms with Crippen LogP contribution in [-0.4, -0.2) is 53.9 Å². The lowest BCUT2D eigenvalue weighted by molar-refractivity contribution is -0.133. The topological polar surface area (TPSA) is 49.9 Å². The summed E-state index contributed by atoms with van der Waals surface area (Å²) in [4.78, 5) is 28.6. The van der Waals surface area contributed by atoms with E-state index in [4.69, 9.17) is 4.74 Å². The Bertz CT molecular complexity index is 633. The van der Waals surface area contributed by atoms with Gasteiger partial charge in [0.1, 0.15) is 12.4 Å². The van der Waals surface area contributed by atoms with Crippen LogP contribution in [0.4, 0.5) is 0 Å². The molecular formula is C20H26N2O3. The molecule has 1 aromatic rings. The minimum absolute atomic E-state index is 0.112. The number of amides is 2. The molecule has 1 aliphatic carbocycles. The first-order chi connectivity index (χ1) is 12.2. The van der Waals surface area contributed by atoms with Crippen molar-refractivity contribution in [2.75, 3.05) is 26.2 Å². The zero-order chi connectivity index (χ0) is 17.2. The van der Waals surface area contributed by atoms with Crippen molar-refractivity contribution in [3.8, 4) is 5.75 Å². The van der Waals surface area contributed by atoms with E-state index in [1.54, 1.807) is 0 Å². The highest BCUT2D eigenvalue weighted by atomic mass is 16.5. The van der Waals surface area contributed by atoms with E-state index in [1.165, 1.54) is 0 Å². The Balaban J connectivity index is 1.32. The van der Waals surface area contributed by atoms with Crippen LogP contribution >= 0.6 is 0 Å². The molecule has 1 atom stereocenters. The molecule has 0 radical (unpaired) electrons. The van der Waals surface area contributed by atoms with Gasteiger partial charge in [0.05, 0.1) is 6.04 Å². The zero-order valence-electron chi connectivity index (χ0n) is 14.7. The van der Waals surface area contributed by atoms with E-state index in [2.05, 4.69) is 0 Å². The van der Waals surface area contributed by atoms with Gasteiger partial charge in [-0.2, -0.15) is 0 Å². The fourth-order valence-corrected chi connectivity index (χ4v) is 3.85. The first kappa shape index (κ1) is 16.4. The summed E-state index contributed by atoms with van der Waals surface area (Å²) in [6, 6.07) is 7.62. The average molecular weight is 342 g/mol. The molecule has 3 fully saturated rings. The van der Waals surface area contributed by atoms with Crippen molar-refractivity contribution < 1.29 is 14.3 Å². The number of hydrogen-bond acceptors (Lipinski definition) is 3. The number of benzene rings is 1. The number of hydrogen-bond donors (Lipinski definition) is 0. The molecule has 25 heavy (non-hydrogen) atoms. The number of likely N-dealkylation sites (tertiary alicyclic amines) is 2. The molecule has 0 N–H and O–H groups in total. The lowest BCUT2D eigenvalue weighted by Gasteiger charge is -2.25. The largest absolute Gasteiger partial charge is 0.491 e. The lowest BCUT2D eigenvalue weighted by atomic mass is 10.2. The quantitative estimate of drug-likeness (QED) is 0.827. The normalized spacial score (nSPS) is 23.1. The van der Waals surface area contributed by atoms with Gasteiger partial charge in [-0.05, 0) is 62.8 Å². The molecule has 134 valence electrons. The molecule has 1 saturated carbocycles. The Labute approximate surface area is 148 Å². The number of ether oxygens (including phenoxy) is 1. The van der Waals surface area contributed by atoms with Crippen LogP contribution < -0.4 is 4.74 Å². The zero-order valence-corrected chi connectivity index (χ0v) is 14.7. The summed E-state index contributed by atoms with van der Waals surface area (Å²) in [7, 11) is 0. The fraction of sp³-hybridized carbons (Fsp3) is 0.600. The van der Waals surface area contributed by atoms with Gasteiger partial charge < -0.3 is 14.5 Å². The fourth-order valence-electron chi connectivity index (χ4n) is 3.85. The molecule has 5 heteroatoms. The van der Waals surface area contributed by atoms with E-state index >= 15 is 0 Å². The Morgan fingerprint density at radius 3 is 2.36 bits per heavy atom. The second-order valence-electron chi connectivity index (χ2n) is 7.44. The van der Waals surface area contributed by atoms with Crippen molar-refractivity contribution in [3.63, 3.8) is 0 Å². The molecule has 3 aliphatic rings. The molecule has 1 aromatic carbocycles. The SMILES string of the molecule is O=C(c1ccc(OC[C@H]2CCCN2C(=O)C2CC2)cc1)N1CCCC1. The second kappa shape index (κ2) is 7.06.